The Morgan fingerprint density at radius 3 is 2.38 bits per heavy atom. The van der Waals surface area contributed by atoms with E-state index < -0.39 is 11.6 Å². The molecule has 0 N–H and O–H groups in total. The van der Waals surface area contributed by atoms with Crippen molar-refractivity contribution in [3.63, 3.8) is 0 Å². The second-order valence-corrected chi connectivity index (χ2v) is 7.34. The van der Waals surface area contributed by atoms with Gasteiger partial charge in [-0.1, -0.05) is 13.8 Å². The molecule has 1 heterocycles. The monoisotopic (exact) mass is 291 g/mol. The fourth-order valence-electron chi connectivity index (χ4n) is 3.99. The third-order valence-corrected chi connectivity index (χ3v) is 5.76. The van der Waals surface area contributed by atoms with Crippen molar-refractivity contribution in [2.45, 2.75) is 32.6 Å². The second kappa shape index (κ2) is 4.05. The van der Waals surface area contributed by atoms with Crippen LogP contribution in [0, 0.1) is 28.9 Å². The maximum atomic E-state index is 14.1. The first-order valence-corrected chi connectivity index (χ1v) is 7.68. The van der Waals surface area contributed by atoms with E-state index in [1.54, 1.807) is 0 Å². The zero-order valence-electron chi connectivity index (χ0n) is 12.3. The lowest BCUT2D eigenvalue weighted by Gasteiger charge is -2.23. The molecular weight excluding hydrogens is 272 g/mol. The standard InChI is InChI=1S/C17H19F2NO/c1-17(2)11-7-20(8-12(11)17)16(21)10-5-6-13(18)15(19)14(10)9-3-4-9/h5-6,9,11-12H,3-4,7-8H2,1-2H3. The predicted octanol–water partition coefficient (Wildman–Crippen LogP) is 3.57. The minimum Gasteiger partial charge on any atom is -0.338 e. The van der Waals surface area contributed by atoms with Gasteiger partial charge in [-0.3, -0.25) is 4.79 Å². The number of likely N-dealkylation sites (tertiary alicyclic amines) is 1. The highest BCUT2D eigenvalue weighted by molar-refractivity contribution is 5.96. The van der Waals surface area contributed by atoms with E-state index in [0.717, 1.165) is 32.0 Å². The van der Waals surface area contributed by atoms with Gasteiger partial charge in [-0.25, -0.2) is 8.78 Å². The molecule has 4 rings (SSSR count). The van der Waals surface area contributed by atoms with Gasteiger partial charge < -0.3 is 4.90 Å². The Labute approximate surface area is 123 Å². The van der Waals surface area contributed by atoms with Gasteiger partial charge in [0, 0.05) is 24.2 Å². The van der Waals surface area contributed by atoms with E-state index in [4.69, 9.17) is 0 Å². The summed E-state index contributed by atoms with van der Waals surface area (Å²) in [5, 5.41) is 0. The van der Waals surface area contributed by atoms with Gasteiger partial charge in [-0.2, -0.15) is 0 Å². The summed E-state index contributed by atoms with van der Waals surface area (Å²) in [4.78, 5) is 14.5. The van der Waals surface area contributed by atoms with Crippen LogP contribution in [0.25, 0.3) is 0 Å². The highest BCUT2D eigenvalue weighted by atomic mass is 19.2. The maximum Gasteiger partial charge on any atom is 0.254 e. The average Bonchev–Trinajstić information content (AvgIpc) is 3.28. The van der Waals surface area contributed by atoms with Crippen LogP contribution in [0.1, 0.15) is 48.5 Å². The molecule has 2 nitrogen and oxygen atoms in total. The molecule has 1 saturated heterocycles. The van der Waals surface area contributed by atoms with E-state index >= 15 is 0 Å². The number of hydrogen-bond donors (Lipinski definition) is 0. The molecule has 3 aliphatic rings. The van der Waals surface area contributed by atoms with E-state index in [2.05, 4.69) is 13.8 Å². The van der Waals surface area contributed by atoms with Gasteiger partial charge in [0.25, 0.3) is 5.91 Å². The molecule has 21 heavy (non-hydrogen) atoms. The number of piperidine rings is 1. The Morgan fingerprint density at radius 1 is 1.19 bits per heavy atom. The van der Waals surface area contributed by atoms with Crippen LogP contribution in [0.15, 0.2) is 12.1 Å². The molecule has 1 aromatic rings. The van der Waals surface area contributed by atoms with Crippen molar-refractivity contribution in [2.24, 2.45) is 17.3 Å². The van der Waals surface area contributed by atoms with Crippen LogP contribution in [0.2, 0.25) is 0 Å². The molecule has 3 fully saturated rings. The van der Waals surface area contributed by atoms with Crippen molar-refractivity contribution >= 4 is 5.91 Å². The molecule has 0 aromatic heterocycles. The summed E-state index contributed by atoms with van der Waals surface area (Å²) >= 11 is 0. The molecule has 0 spiro atoms. The predicted molar refractivity (Wildman–Crippen MR) is 75.0 cm³/mol. The number of nitrogens with zero attached hydrogens (tertiary/aromatic N) is 1. The summed E-state index contributed by atoms with van der Waals surface area (Å²) < 4.78 is 27.5. The van der Waals surface area contributed by atoms with E-state index in [-0.39, 0.29) is 11.8 Å². The smallest absolute Gasteiger partial charge is 0.254 e. The largest absolute Gasteiger partial charge is 0.338 e. The molecule has 1 aliphatic heterocycles. The summed E-state index contributed by atoms with van der Waals surface area (Å²) in [7, 11) is 0. The number of fused-ring (bicyclic) bond motifs is 1. The lowest BCUT2D eigenvalue weighted by molar-refractivity contribution is 0.0756. The van der Waals surface area contributed by atoms with Gasteiger partial charge in [0.15, 0.2) is 11.6 Å². The molecule has 2 unspecified atom stereocenters. The second-order valence-electron chi connectivity index (χ2n) is 7.34. The van der Waals surface area contributed by atoms with Crippen molar-refractivity contribution in [1.29, 1.82) is 0 Å². The van der Waals surface area contributed by atoms with Crippen LogP contribution >= 0.6 is 0 Å². The summed E-state index contributed by atoms with van der Waals surface area (Å²) in [6, 6.07) is 2.54. The van der Waals surface area contributed by atoms with E-state index in [0.29, 0.717) is 28.4 Å². The Bertz CT molecular complexity index is 622. The maximum absolute atomic E-state index is 14.1. The molecule has 2 saturated carbocycles. The highest BCUT2D eigenvalue weighted by Gasteiger charge is 2.62. The summed E-state index contributed by atoms with van der Waals surface area (Å²) in [6.45, 7) is 5.97. The quantitative estimate of drug-likeness (QED) is 0.815. The molecule has 4 heteroatoms. The van der Waals surface area contributed by atoms with Crippen LogP contribution in [0.3, 0.4) is 0 Å². The van der Waals surface area contributed by atoms with Crippen molar-refractivity contribution in [1.82, 2.24) is 4.90 Å². The van der Waals surface area contributed by atoms with Gasteiger partial charge >= 0.3 is 0 Å². The van der Waals surface area contributed by atoms with Crippen molar-refractivity contribution in [3.8, 4) is 0 Å². The zero-order valence-corrected chi connectivity index (χ0v) is 12.3. The van der Waals surface area contributed by atoms with Crippen LogP contribution in [-0.4, -0.2) is 23.9 Å². The Kier molecular flexibility index (Phi) is 2.55. The number of halogens is 2. The minimum absolute atomic E-state index is 0.0215. The number of carbonyl (C=O) groups is 1. The Hall–Kier alpha value is -1.45. The highest BCUT2D eigenvalue weighted by Crippen LogP contribution is 2.62. The van der Waals surface area contributed by atoms with E-state index in [1.165, 1.54) is 6.07 Å². The van der Waals surface area contributed by atoms with Gasteiger partial charge in [-0.05, 0) is 48.1 Å². The molecule has 2 aliphatic carbocycles. The number of benzene rings is 1. The summed E-state index contributed by atoms with van der Waals surface area (Å²) in [6.07, 6.45) is 1.69. The van der Waals surface area contributed by atoms with Crippen molar-refractivity contribution in [2.75, 3.05) is 13.1 Å². The van der Waals surface area contributed by atoms with Crippen LogP contribution in [-0.2, 0) is 0 Å². The lowest BCUT2D eigenvalue weighted by atomic mass is 10.00. The molecule has 1 aromatic carbocycles. The third-order valence-electron chi connectivity index (χ3n) is 5.76. The first kappa shape index (κ1) is 13.2. The summed E-state index contributed by atoms with van der Waals surface area (Å²) in [5.41, 5.74) is 1.01. The first-order chi connectivity index (χ1) is 9.91. The normalized spacial score (nSPS) is 29.4. The average molecular weight is 291 g/mol. The van der Waals surface area contributed by atoms with E-state index in [1.807, 2.05) is 4.90 Å². The molecule has 0 radical (unpaired) electrons. The Morgan fingerprint density at radius 2 is 1.81 bits per heavy atom. The minimum atomic E-state index is -0.848. The van der Waals surface area contributed by atoms with Gasteiger partial charge in [0.1, 0.15) is 0 Å². The van der Waals surface area contributed by atoms with Crippen molar-refractivity contribution < 1.29 is 13.6 Å². The molecule has 112 valence electrons. The van der Waals surface area contributed by atoms with Gasteiger partial charge in [-0.15, -0.1) is 0 Å². The van der Waals surface area contributed by atoms with Crippen LogP contribution in [0.4, 0.5) is 8.78 Å². The summed E-state index contributed by atoms with van der Waals surface area (Å²) in [5.74, 6) is -0.647. The fourth-order valence-corrected chi connectivity index (χ4v) is 3.99. The lowest BCUT2D eigenvalue weighted by Crippen LogP contribution is -2.33. The topological polar surface area (TPSA) is 20.3 Å². The zero-order chi connectivity index (χ0) is 14.9. The third kappa shape index (κ3) is 1.84. The molecule has 2 atom stereocenters. The van der Waals surface area contributed by atoms with Gasteiger partial charge in [0.2, 0.25) is 0 Å². The van der Waals surface area contributed by atoms with Crippen LogP contribution < -0.4 is 0 Å². The van der Waals surface area contributed by atoms with Crippen LogP contribution in [0.5, 0.6) is 0 Å². The number of amides is 1. The SMILES string of the molecule is CC1(C)C2CN(C(=O)c3ccc(F)c(F)c3C3CC3)CC21. The Balaban J connectivity index is 1.62. The molecule has 0 bridgehead atoms. The van der Waals surface area contributed by atoms with Crippen molar-refractivity contribution in [3.05, 3.63) is 34.9 Å². The molecule has 1 amide bonds. The van der Waals surface area contributed by atoms with Gasteiger partial charge in [0.05, 0.1) is 0 Å². The number of carbonyl (C=O) groups excluding carboxylic acids is 1. The number of hydrogen-bond acceptors (Lipinski definition) is 1. The fraction of sp³-hybridized carbons (Fsp3) is 0.588. The molecular formula is C17H19F2NO. The number of rotatable bonds is 2. The van der Waals surface area contributed by atoms with E-state index in [9.17, 15) is 13.6 Å². The first-order valence-electron chi connectivity index (χ1n) is 7.68.